The number of rotatable bonds is 7. The lowest BCUT2D eigenvalue weighted by atomic mass is 9.77. The quantitative estimate of drug-likeness (QED) is 0.806. The molecule has 1 aromatic carbocycles. The van der Waals surface area contributed by atoms with Gasteiger partial charge in [-0.15, -0.1) is 0 Å². The molecule has 0 heterocycles. The van der Waals surface area contributed by atoms with Crippen LogP contribution in [-0.2, 0) is 11.2 Å². The summed E-state index contributed by atoms with van der Waals surface area (Å²) in [6.07, 6.45) is 1.35. The first kappa shape index (κ1) is 16.5. The van der Waals surface area contributed by atoms with Crippen molar-refractivity contribution in [3.05, 3.63) is 29.8 Å². The third-order valence-electron chi connectivity index (χ3n) is 4.00. The number of carboxylic acid groups (broad SMARTS) is 1. The molecular formula is C16H24O4. The predicted molar refractivity (Wildman–Crippen MR) is 77.9 cm³/mol. The number of ether oxygens (including phenoxy) is 1. The summed E-state index contributed by atoms with van der Waals surface area (Å²) in [5, 5.41) is 19.6. The summed E-state index contributed by atoms with van der Waals surface area (Å²) in [6, 6.07) is 7.68. The Morgan fingerprint density at radius 1 is 1.25 bits per heavy atom. The number of aliphatic hydroxyl groups is 1. The molecule has 0 amide bonds. The maximum absolute atomic E-state index is 11.3. The lowest BCUT2D eigenvalue weighted by molar-refractivity contribution is -0.171. The highest BCUT2D eigenvalue weighted by molar-refractivity contribution is 5.77. The molecule has 0 radical (unpaired) electrons. The molecule has 0 spiro atoms. The molecule has 0 aromatic heterocycles. The number of aliphatic carboxylic acids is 1. The van der Waals surface area contributed by atoms with Crippen LogP contribution in [-0.4, -0.2) is 28.9 Å². The van der Waals surface area contributed by atoms with Gasteiger partial charge in [0, 0.05) is 0 Å². The lowest BCUT2D eigenvalue weighted by Crippen LogP contribution is -2.49. The standard InChI is InChI=1S/C16H24O4/c1-11(2)16(19,15(17)18)12(3)5-6-13-7-9-14(20-4)10-8-13/h7-12,19H,5-6H2,1-4H3,(H,17,18). The second kappa shape index (κ2) is 6.75. The van der Waals surface area contributed by atoms with Gasteiger partial charge in [-0.25, -0.2) is 4.79 Å². The number of methoxy groups -OCH3 is 1. The number of benzene rings is 1. The Labute approximate surface area is 120 Å². The van der Waals surface area contributed by atoms with Crippen molar-refractivity contribution in [2.24, 2.45) is 11.8 Å². The molecular weight excluding hydrogens is 256 g/mol. The molecule has 0 aliphatic rings. The zero-order chi connectivity index (χ0) is 15.3. The normalized spacial score (nSPS) is 15.7. The van der Waals surface area contributed by atoms with E-state index in [0.29, 0.717) is 6.42 Å². The average molecular weight is 280 g/mol. The highest BCUT2D eigenvalue weighted by Gasteiger charge is 2.44. The van der Waals surface area contributed by atoms with Gasteiger partial charge in [-0.3, -0.25) is 0 Å². The smallest absolute Gasteiger partial charge is 0.336 e. The maximum atomic E-state index is 11.3. The minimum absolute atomic E-state index is 0.317. The van der Waals surface area contributed by atoms with Gasteiger partial charge in [0.2, 0.25) is 0 Å². The van der Waals surface area contributed by atoms with Gasteiger partial charge in [0.25, 0.3) is 0 Å². The fraction of sp³-hybridized carbons (Fsp3) is 0.562. The summed E-state index contributed by atoms with van der Waals surface area (Å²) in [6.45, 7) is 5.26. The Morgan fingerprint density at radius 2 is 1.80 bits per heavy atom. The van der Waals surface area contributed by atoms with Crippen molar-refractivity contribution in [3.63, 3.8) is 0 Å². The second-order valence-corrected chi connectivity index (χ2v) is 5.57. The zero-order valence-electron chi connectivity index (χ0n) is 12.6. The van der Waals surface area contributed by atoms with Gasteiger partial charge in [-0.05, 0) is 42.4 Å². The van der Waals surface area contributed by atoms with Gasteiger partial charge in [0.15, 0.2) is 5.60 Å². The van der Waals surface area contributed by atoms with Crippen molar-refractivity contribution in [2.45, 2.75) is 39.2 Å². The van der Waals surface area contributed by atoms with E-state index in [-0.39, 0.29) is 11.8 Å². The van der Waals surface area contributed by atoms with Gasteiger partial charge in [0.05, 0.1) is 7.11 Å². The second-order valence-electron chi connectivity index (χ2n) is 5.57. The van der Waals surface area contributed by atoms with E-state index in [9.17, 15) is 15.0 Å². The fourth-order valence-corrected chi connectivity index (χ4v) is 2.42. The largest absolute Gasteiger partial charge is 0.497 e. The summed E-state index contributed by atoms with van der Waals surface area (Å²) in [5.74, 6) is -0.992. The molecule has 4 heteroatoms. The van der Waals surface area contributed by atoms with Gasteiger partial charge in [0.1, 0.15) is 5.75 Å². The minimum atomic E-state index is -1.67. The van der Waals surface area contributed by atoms with E-state index in [2.05, 4.69) is 0 Å². The Kier molecular flexibility index (Phi) is 5.57. The molecule has 0 aliphatic carbocycles. The number of carboxylic acids is 1. The van der Waals surface area contributed by atoms with Crippen LogP contribution in [0.1, 0.15) is 32.8 Å². The minimum Gasteiger partial charge on any atom is -0.497 e. The fourth-order valence-electron chi connectivity index (χ4n) is 2.42. The van der Waals surface area contributed by atoms with Crippen LogP contribution < -0.4 is 4.74 Å². The molecule has 20 heavy (non-hydrogen) atoms. The first-order chi connectivity index (χ1) is 9.32. The molecule has 0 fully saturated rings. The molecule has 4 nitrogen and oxygen atoms in total. The summed E-state index contributed by atoms with van der Waals surface area (Å²) in [5.41, 5.74) is -0.568. The van der Waals surface area contributed by atoms with Gasteiger partial charge in [-0.1, -0.05) is 32.9 Å². The van der Waals surface area contributed by atoms with Crippen molar-refractivity contribution in [1.29, 1.82) is 0 Å². The summed E-state index contributed by atoms with van der Waals surface area (Å²) < 4.78 is 5.09. The van der Waals surface area contributed by atoms with Crippen molar-refractivity contribution >= 4 is 5.97 Å². The number of hydrogen-bond acceptors (Lipinski definition) is 3. The van der Waals surface area contributed by atoms with Crippen molar-refractivity contribution in [2.75, 3.05) is 7.11 Å². The third-order valence-corrected chi connectivity index (χ3v) is 4.00. The van der Waals surface area contributed by atoms with Gasteiger partial charge >= 0.3 is 5.97 Å². The first-order valence-electron chi connectivity index (χ1n) is 6.91. The van der Waals surface area contributed by atoms with Crippen LogP contribution in [0.5, 0.6) is 5.75 Å². The van der Waals surface area contributed by atoms with Gasteiger partial charge in [-0.2, -0.15) is 0 Å². The molecule has 0 bridgehead atoms. The van der Waals surface area contributed by atoms with Crippen molar-refractivity contribution in [3.8, 4) is 5.75 Å². The molecule has 0 aliphatic heterocycles. The lowest BCUT2D eigenvalue weighted by Gasteiger charge is -2.33. The number of carbonyl (C=O) groups is 1. The molecule has 2 N–H and O–H groups in total. The predicted octanol–water partition coefficient (Wildman–Crippen LogP) is 2.74. The van der Waals surface area contributed by atoms with Crippen molar-refractivity contribution < 1.29 is 19.7 Å². The molecule has 112 valence electrons. The van der Waals surface area contributed by atoms with Gasteiger partial charge < -0.3 is 14.9 Å². The molecule has 1 rings (SSSR count). The van der Waals surface area contributed by atoms with E-state index in [4.69, 9.17) is 4.74 Å². The van der Waals surface area contributed by atoms with E-state index in [1.807, 2.05) is 24.3 Å². The average Bonchev–Trinajstić information content (AvgIpc) is 2.43. The summed E-state index contributed by atoms with van der Waals surface area (Å²) in [7, 11) is 1.62. The van der Waals surface area contributed by atoms with Crippen LogP contribution >= 0.6 is 0 Å². The van der Waals surface area contributed by atoms with E-state index < -0.39 is 11.6 Å². The van der Waals surface area contributed by atoms with E-state index >= 15 is 0 Å². The van der Waals surface area contributed by atoms with E-state index in [1.54, 1.807) is 27.9 Å². The molecule has 0 saturated heterocycles. The Morgan fingerprint density at radius 3 is 2.20 bits per heavy atom. The SMILES string of the molecule is COc1ccc(CCC(C)C(O)(C(=O)O)C(C)C)cc1. The third kappa shape index (κ3) is 3.51. The summed E-state index contributed by atoms with van der Waals surface area (Å²) >= 11 is 0. The highest BCUT2D eigenvalue weighted by atomic mass is 16.5. The summed E-state index contributed by atoms with van der Waals surface area (Å²) in [4.78, 5) is 11.3. The van der Waals surface area contributed by atoms with E-state index in [1.165, 1.54) is 0 Å². The Hall–Kier alpha value is -1.55. The van der Waals surface area contributed by atoms with E-state index in [0.717, 1.165) is 17.7 Å². The topological polar surface area (TPSA) is 66.8 Å². The monoisotopic (exact) mass is 280 g/mol. The van der Waals surface area contributed by atoms with Crippen LogP contribution in [0.15, 0.2) is 24.3 Å². The molecule has 2 atom stereocenters. The highest BCUT2D eigenvalue weighted by Crippen LogP contribution is 2.30. The first-order valence-corrected chi connectivity index (χ1v) is 6.91. The Bertz CT molecular complexity index is 438. The molecule has 2 unspecified atom stereocenters. The molecule has 0 saturated carbocycles. The van der Waals surface area contributed by atoms with Crippen LogP contribution in [0.4, 0.5) is 0 Å². The van der Waals surface area contributed by atoms with Crippen LogP contribution in [0, 0.1) is 11.8 Å². The molecule has 1 aromatic rings. The van der Waals surface area contributed by atoms with Crippen LogP contribution in [0.3, 0.4) is 0 Å². The maximum Gasteiger partial charge on any atom is 0.336 e. The Balaban J connectivity index is 2.69. The zero-order valence-corrected chi connectivity index (χ0v) is 12.6. The van der Waals surface area contributed by atoms with Crippen LogP contribution in [0.2, 0.25) is 0 Å². The van der Waals surface area contributed by atoms with Crippen LogP contribution in [0.25, 0.3) is 0 Å². The number of aryl methyl sites for hydroxylation is 1. The number of hydrogen-bond donors (Lipinski definition) is 2. The van der Waals surface area contributed by atoms with Crippen molar-refractivity contribution in [1.82, 2.24) is 0 Å².